The first kappa shape index (κ1) is 22.9. The van der Waals surface area contributed by atoms with Gasteiger partial charge in [0.25, 0.3) is 0 Å². The second-order valence-electron chi connectivity index (χ2n) is 7.29. The Hall–Kier alpha value is -2.34. The van der Waals surface area contributed by atoms with Crippen LogP contribution in [-0.4, -0.2) is 40.9 Å². The molecule has 0 bridgehead atoms. The highest BCUT2D eigenvalue weighted by atomic mass is 32.1. The highest BCUT2D eigenvalue weighted by molar-refractivity contribution is 7.09. The van der Waals surface area contributed by atoms with Gasteiger partial charge in [-0.1, -0.05) is 56.7 Å². The second-order valence-corrected chi connectivity index (χ2v) is 8.32. The molecular weight excluding hydrogens is 382 g/mol. The summed E-state index contributed by atoms with van der Waals surface area (Å²) in [5.41, 5.74) is 1.08. The van der Waals surface area contributed by atoms with Crippen LogP contribution in [0.5, 0.6) is 0 Å². The molecule has 1 heterocycles. The maximum atomic E-state index is 13.2. The predicted octanol–water partition coefficient (Wildman–Crippen LogP) is 4.89. The van der Waals surface area contributed by atoms with E-state index >= 15 is 0 Å². The van der Waals surface area contributed by atoms with Gasteiger partial charge in [-0.2, -0.15) is 0 Å². The summed E-state index contributed by atoms with van der Waals surface area (Å²) < 4.78 is 0. The van der Waals surface area contributed by atoms with E-state index in [0.717, 1.165) is 29.7 Å². The number of carbonyl (C=O) groups is 2. The molecule has 3 amide bonds. The van der Waals surface area contributed by atoms with Gasteiger partial charge in [0.15, 0.2) is 0 Å². The SMILES string of the molecule is CCCCNC(=O)N(CC(=O)N(Cc1ccccc1)Cc1cccs1)[C@@H](C)CC. The summed E-state index contributed by atoms with van der Waals surface area (Å²) in [5.74, 6) is -0.0341. The number of hydrogen-bond donors (Lipinski definition) is 1. The summed E-state index contributed by atoms with van der Waals surface area (Å²) in [5, 5.41) is 4.98. The van der Waals surface area contributed by atoms with Crippen LogP contribution >= 0.6 is 11.3 Å². The van der Waals surface area contributed by atoms with E-state index in [-0.39, 0.29) is 24.5 Å². The van der Waals surface area contributed by atoms with Gasteiger partial charge in [0.05, 0.1) is 6.54 Å². The van der Waals surface area contributed by atoms with Crippen LogP contribution in [0.1, 0.15) is 50.5 Å². The van der Waals surface area contributed by atoms with Crippen molar-refractivity contribution in [1.82, 2.24) is 15.1 Å². The molecule has 6 heteroatoms. The van der Waals surface area contributed by atoms with Gasteiger partial charge in [-0.25, -0.2) is 4.79 Å². The van der Waals surface area contributed by atoms with Gasteiger partial charge in [0.2, 0.25) is 5.91 Å². The van der Waals surface area contributed by atoms with Crippen molar-refractivity contribution in [2.45, 2.75) is 59.2 Å². The number of nitrogens with one attached hydrogen (secondary N) is 1. The van der Waals surface area contributed by atoms with Crippen molar-refractivity contribution in [3.63, 3.8) is 0 Å². The lowest BCUT2D eigenvalue weighted by molar-refractivity contribution is -0.133. The molecule has 29 heavy (non-hydrogen) atoms. The quantitative estimate of drug-likeness (QED) is 0.532. The number of benzene rings is 1. The standard InChI is InChI=1S/C23H33N3O2S/c1-4-6-14-24-23(28)26(19(3)5-2)18-22(27)25(17-21-13-10-15-29-21)16-20-11-8-7-9-12-20/h7-13,15,19H,4-6,14,16-18H2,1-3H3,(H,24,28)/t19-/m0/s1. The molecule has 5 nitrogen and oxygen atoms in total. The van der Waals surface area contributed by atoms with Crippen LogP contribution in [0.2, 0.25) is 0 Å². The van der Waals surface area contributed by atoms with Crippen molar-refractivity contribution in [2.24, 2.45) is 0 Å². The highest BCUT2D eigenvalue weighted by Crippen LogP contribution is 2.16. The van der Waals surface area contributed by atoms with Crippen LogP contribution in [0.3, 0.4) is 0 Å². The first-order chi connectivity index (χ1) is 14.0. The summed E-state index contributed by atoms with van der Waals surface area (Å²) in [6.07, 6.45) is 2.76. The van der Waals surface area contributed by atoms with Crippen molar-refractivity contribution < 1.29 is 9.59 Å². The third-order valence-corrected chi connectivity index (χ3v) is 5.85. The predicted molar refractivity (Wildman–Crippen MR) is 120 cm³/mol. The van der Waals surface area contributed by atoms with Crippen molar-refractivity contribution in [3.8, 4) is 0 Å². The first-order valence-electron chi connectivity index (χ1n) is 10.4. The summed E-state index contributed by atoms with van der Waals surface area (Å²) in [6, 6.07) is 13.9. The molecule has 0 unspecified atom stereocenters. The Labute approximate surface area is 178 Å². The van der Waals surface area contributed by atoms with E-state index in [0.29, 0.717) is 19.6 Å². The lowest BCUT2D eigenvalue weighted by Gasteiger charge is -2.31. The number of carbonyl (C=O) groups excluding carboxylic acids is 2. The summed E-state index contributed by atoms with van der Waals surface area (Å²) in [4.78, 5) is 30.6. The van der Waals surface area contributed by atoms with Gasteiger partial charge in [0, 0.05) is 24.0 Å². The summed E-state index contributed by atoms with van der Waals surface area (Å²) in [7, 11) is 0. The van der Waals surface area contributed by atoms with E-state index in [2.05, 4.69) is 12.2 Å². The smallest absolute Gasteiger partial charge is 0.318 e. The molecule has 0 aliphatic heterocycles. The molecule has 0 fully saturated rings. The molecule has 0 aliphatic rings. The maximum Gasteiger partial charge on any atom is 0.318 e. The minimum atomic E-state index is -0.156. The Morgan fingerprint density at radius 2 is 1.83 bits per heavy atom. The molecule has 0 aliphatic carbocycles. The molecule has 0 saturated carbocycles. The number of amides is 3. The molecule has 1 N–H and O–H groups in total. The summed E-state index contributed by atoms with van der Waals surface area (Å²) >= 11 is 1.64. The van der Waals surface area contributed by atoms with Crippen molar-refractivity contribution in [2.75, 3.05) is 13.1 Å². The third-order valence-electron chi connectivity index (χ3n) is 4.99. The Morgan fingerprint density at radius 1 is 1.07 bits per heavy atom. The van der Waals surface area contributed by atoms with Gasteiger partial charge < -0.3 is 15.1 Å². The van der Waals surface area contributed by atoms with Crippen LogP contribution in [0.4, 0.5) is 4.79 Å². The Morgan fingerprint density at radius 3 is 2.45 bits per heavy atom. The van der Waals surface area contributed by atoms with E-state index in [1.165, 1.54) is 0 Å². The van der Waals surface area contributed by atoms with E-state index in [9.17, 15) is 9.59 Å². The van der Waals surface area contributed by atoms with Crippen molar-refractivity contribution >= 4 is 23.3 Å². The minimum absolute atomic E-state index is 0.000824. The minimum Gasteiger partial charge on any atom is -0.338 e. The molecule has 0 spiro atoms. The van der Waals surface area contributed by atoms with Crippen LogP contribution in [0.25, 0.3) is 0 Å². The van der Waals surface area contributed by atoms with Crippen LogP contribution < -0.4 is 5.32 Å². The molecule has 2 rings (SSSR count). The Balaban J connectivity index is 2.12. The maximum absolute atomic E-state index is 13.2. The topological polar surface area (TPSA) is 52.7 Å². The van der Waals surface area contributed by atoms with E-state index < -0.39 is 0 Å². The zero-order chi connectivity index (χ0) is 21.1. The normalized spacial score (nSPS) is 11.7. The molecule has 0 radical (unpaired) electrons. The fraction of sp³-hybridized carbons (Fsp3) is 0.478. The van der Waals surface area contributed by atoms with Gasteiger partial charge in [-0.15, -0.1) is 11.3 Å². The van der Waals surface area contributed by atoms with Gasteiger partial charge >= 0.3 is 6.03 Å². The van der Waals surface area contributed by atoms with Gasteiger partial charge in [-0.3, -0.25) is 4.79 Å². The van der Waals surface area contributed by atoms with Crippen LogP contribution in [0.15, 0.2) is 47.8 Å². The molecule has 158 valence electrons. The number of thiophene rings is 1. The lowest BCUT2D eigenvalue weighted by atomic mass is 10.2. The zero-order valence-corrected chi connectivity index (χ0v) is 18.6. The number of hydrogen-bond acceptors (Lipinski definition) is 3. The van der Waals surface area contributed by atoms with Crippen LogP contribution in [-0.2, 0) is 17.9 Å². The fourth-order valence-corrected chi connectivity index (χ4v) is 3.71. The average Bonchev–Trinajstić information content (AvgIpc) is 3.24. The monoisotopic (exact) mass is 415 g/mol. The molecule has 1 aromatic carbocycles. The van der Waals surface area contributed by atoms with E-state index in [4.69, 9.17) is 0 Å². The van der Waals surface area contributed by atoms with E-state index in [1.807, 2.05) is 66.6 Å². The average molecular weight is 416 g/mol. The van der Waals surface area contributed by atoms with Gasteiger partial charge in [0.1, 0.15) is 6.54 Å². The zero-order valence-electron chi connectivity index (χ0n) is 17.8. The number of rotatable bonds is 11. The highest BCUT2D eigenvalue weighted by Gasteiger charge is 2.25. The lowest BCUT2D eigenvalue weighted by Crippen LogP contribution is -2.50. The number of unbranched alkanes of at least 4 members (excludes halogenated alkanes) is 1. The van der Waals surface area contributed by atoms with Crippen molar-refractivity contribution in [1.29, 1.82) is 0 Å². The van der Waals surface area contributed by atoms with Gasteiger partial charge in [-0.05, 0) is 36.8 Å². The first-order valence-corrected chi connectivity index (χ1v) is 11.3. The molecule has 1 aromatic heterocycles. The van der Waals surface area contributed by atoms with E-state index in [1.54, 1.807) is 16.2 Å². The Bertz CT molecular complexity index is 734. The molecule has 1 atom stereocenters. The largest absolute Gasteiger partial charge is 0.338 e. The number of urea groups is 1. The molecule has 0 saturated heterocycles. The van der Waals surface area contributed by atoms with Crippen LogP contribution in [0, 0.1) is 0 Å². The fourth-order valence-electron chi connectivity index (χ4n) is 2.99. The number of nitrogens with zero attached hydrogens (tertiary/aromatic N) is 2. The second kappa shape index (κ2) is 12.3. The third kappa shape index (κ3) is 7.54. The Kier molecular flexibility index (Phi) is 9.71. The van der Waals surface area contributed by atoms with Crippen molar-refractivity contribution in [3.05, 3.63) is 58.3 Å². The molecular formula is C23H33N3O2S. The summed E-state index contributed by atoms with van der Waals surface area (Å²) in [6.45, 7) is 7.93. The molecule has 2 aromatic rings.